The Hall–Kier alpha value is -2.73. The Balaban J connectivity index is 1.62. The molecule has 1 aliphatic rings. The minimum atomic E-state index is -0.499. The third kappa shape index (κ3) is 6.12. The summed E-state index contributed by atoms with van der Waals surface area (Å²) < 4.78 is 5.36. The molecule has 0 aromatic heterocycles. The van der Waals surface area contributed by atoms with Gasteiger partial charge in [0.25, 0.3) is 5.91 Å². The zero-order valence-corrected chi connectivity index (χ0v) is 17.3. The van der Waals surface area contributed by atoms with Crippen LogP contribution in [0.25, 0.3) is 0 Å². The quantitative estimate of drug-likeness (QED) is 0.434. The van der Waals surface area contributed by atoms with Crippen LogP contribution >= 0.6 is 11.6 Å². The summed E-state index contributed by atoms with van der Waals surface area (Å²) in [5.41, 5.74) is 7.51. The maximum absolute atomic E-state index is 10.9. The number of carbonyl (C=O) groups excluding carboxylic acids is 1. The number of primary amides is 1. The molecular weight excluding hydrogens is 388 g/mol. The molecule has 0 aliphatic heterocycles. The zero-order chi connectivity index (χ0) is 20.7. The molecule has 0 saturated heterocycles. The van der Waals surface area contributed by atoms with Crippen molar-refractivity contribution >= 4 is 23.5 Å². The van der Waals surface area contributed by atoms with Crippen LogP contribution in [0.2, 0.25) is 5.02 Å². The summed E-state index contributed by atoms with van der Waals surface area (Å²) in [4.78, 5) is 15.6. The van der Waals surface area contributed by atoms with Gasteiger partial charge in [-0.1, -0.05) is 35.9 Å². The van der Waals surface area contributed by atoms with Gasteiger partial charge in [-0.2, -0.15) is 0 Å². The lowest BCUT2D eigenvalue weighted by Crippen LogP contribution is -2.41. The number of rotatable bonds is 9. The molecule has 3 rings (SSSR count). The number of guanidine groups is 1. The van der Waals surface area contributed by atoms with Gasteiger partial charge in [0.1, 0.15) is 5.75 Å². The summed E-state index contributed by atoms with van der Waals surface area (Å²) in [5, 5.41) is 7.53. The van der Waals surface area contributed by atoms with Crippen LogP contribution in [0.5, 0.6) is 5.75 Å². The molecule has 2 aromatic rings. The maximum atomic E-state index is 10.9. The fourth-order valence-electron chi connectivity index (χ4n) is 3.19. The van der Waals surface area contributed by atoms with Crippen LogP contribution in [0.1, 0.15) is 30.9 Å². The Bertz CT molecular complexity index is 881. The van der Waals surface area contributed by atoms with Crippen molar-refractivity contribution in [2.45, 2.75) is 31.7 Å². The lowest BCUT2D eigenvalue weighted by molar-refractivity contribution is -0.119. The SMILES string of the molecule is CCNC(=NCc1cccc(OCC(N)=O)c1)NCC1(c2cccc(Cl)c2)CC1. The van der Waals surface area contributed by atoms with E-state index in [1.165, 1.54) is 5.56 Å². The van der Waals surface area contributed by atoms with Crippen molar-refractivity contribution in [1.82, 2.24) is 10.6 Å². The number of hydrogen-bond acceptors (Lipinski definition) is 3. The van der Waals surface area contributed by atoms with Gasteiger partial charge in [0.2, 0.25) is 0 Å². The van der Waals surface area contributed by atoms with Gasteiger partial charge in [-0.05, 0) is 55.2 Å². The van der Waals surface area contributed by atoms with E-state index in [9.17, 15) is 4.79 Å². The van der Waals surface area contributed by atoms with Gasteiger partial charge in [0.05, 0.1) is 6.54 Å². The summed E-state index contributed by atoms with van der Waals surface area (Å²) in [6.07, 6.45) is 2.28. The molecule has 2 aromatic carbocycles. The lowest BCUT2D eigenvalue weighted by Gasteiger charge is -2.19. The second kappa shape index (κ2) is 9.65. The van der Waals surface area contributed by atoms with Crippen LogP contribution in [-0.4, -0.2) is 31.6 Å². The predicted octanol–water partition coefficient (Wildman–Crippen LogP) is 2.99. The number of nitrogens with two attached hydrogens (primary N) is 1. The highest BCUT2D eigenvalue weighted by molar-refractivity contribution is 6.30. The van der Waals surface area contributed by atoms with Gasteiger partial charge >= 0.3 is 0 Å². The number of benzene rings is 2. The standard InChI is InChI=1S/C22H27ClN4O2/c1-2-25-21(26-13-16-5-3-8-19(11-16)29-14-20(24)28)27-15-22(9-10-22)17-6-4-7-18(23)12-17/h3-8,11-12H,2,9-10,13-15H2,1H3,(H2,24,28)(H2,25,26,27). The number of carbonyl (C=O) groups is 1. The molecule has 0 heterocycles. The Labute approximate surface area is 176 Å². The van der Waals surface area contributed by atoms with Crippen molar-refractivity contribution in [2.75, 3.05) is 19.7 Å². The zero-order valence-electron chi connectivity index (χ0n) is 16.6. The highest BCUT2D eigenvalue weighted by Crippen LogP contribution is 2.48. The van der Waals surface area contributed by atoms with Crippen LogP contribution < -0.4 is 21.1 Å². The van der Waals surface area contributed by atoms with Gasteiger partial charge in [-0.15, -0.1) is 0 Å². The lowest BCUT2D eigenvalue weighted by atomic mass is 9.96. The van der Waals surface area contributed by atoms with E-state index in [4.69, 9.17) is 22.1 Å². The van der Waals surface area contributed by atoms with Crippen LogP contribution in [0.15, 0.2) is 53.5 Å². The molecule has 0 bridgehead atoms. The first-order valence-electron chi connectivity index (χ1n) is 9.79. The molecule has 1 fully saturated rings. The van der Waals surface area contributed by atoms with Gasteiger partial charge < -0.3 is 21.1 Å². The van der Waals surface area contributed by atoms with Crippen LogP contribution in [0, 0.1) is 0 Å². The second-order valence-electron chi connectivity index (χ2n) is 7.24. The highest BCUT2D eigenvalue weighted by Gasteiger charge is 2.44. The van der Waals surface area contributed by atoms with Gasteiger partial charge in [0, 0.05) is 23.5 Å². The van der Waals surface area contributed by atoms with Crippen molar-refractivity contribution in [3.63, 3.8) is 0 Å². The van der Waals surface area contributed by atoms with E-state index in [0.29, 0.717) is 12.3 Å². The van der Waals surface area contributed by atoms with E-state index >= 15 is 0 Å². The first-order chi connectivity index (χ1) is 14.0. The second-order valence-corrected chi connectivity index (χ2v) is 7.68. The molecule has 0 spiro atoms. The first-order valence-corrected chi connectivity index (χ1v) is 10.2. The van der Waals surface area contributed by atoms with Crippen LogP contribution in [0.4, 0.5) is 0 Å². The fraction of sp³-hybridized carbons (Fsp3) is 0.364. The Morgan fingerprint density at radius 2 is 2.00 bits per heavy atom. The van der Waals surface area contributed by atoms with Crippen molar-refractivity contribution in [3.05, 3.63) is 64.7 Å². The predicted molar refractivity (Wildman–Crippen MR) is 116 cm³/mol. The largest absolute Gasteiger partial charge is 0.484 e. The molecule has 0 atom stereocenters. The molecule has 7 heteroatoms. The molecule has 6 nitrogen and oxygen atoms in total. The molecule has 0 radical (unpaired) electrons. The first kappa shape index (κ1) is 21.0. The number of halogens is 1. The van der Waals surface area contributed by atoms with E-state index in [0.717, 1.165) is 42.5 Å². The van der Waals surface area contributed by atoms with E-state index in [1.807, 2.05) is 37.3 Å². The number of ether oxygens (including phenoxy) is 1. The maximum Gasteiger partial charge on any atom is 0.255 e. The molecule has 1 saturated carbocycles. The van der Waals surface area contributed by atoms with E-state index < -0.39 is 5.91 Å². The van der Waals surface area contributed by atoms with Gasteiger partial charge in [-0.3, -0.25) is 4.79 Å². The normalized spacial score (nSPS) is 14.9. The Kier molecular flexibility index (Phi) is 6.99. The van der Waals surface area contributed by atoms with E-state index in [-0.39, 0.29) is 12.0 Å². The number of nitrogens with zero attached hydrogens (tertiary/aromatic N) is 1. The van der Waals surface area contributed by atoms with Gasteiger partial charge in [-0.25, -0.2) is 4.99 Å². The monoisotopic (exact) mass is 414 g/mol. The molecule has 29 heavy (non-hydrogen) atoms. The van der Waals surface area contributed by atoms with Crippen molar-refractivity contribution in [1.29, 1.82) is 0 Å². The highest BCUT2D eigenvalue weighted by atomic mass is 35.5. The summed E-state index contributed by atoms with van der Waals surface area (Å²) >= 11 is 6.17. The average molecular weight is 415 g/mol. The number of hydrogen-bond donors (Lipinski definition) is 3. The number of amides is 1. The molecule has 0 unspecified atom stereocenters. The molecular formula is C22H27ClN4O2. The van der Waals surface area contributed by atoms with Crippen molar-refractivity contribution in [2.24, 2.45) is 10.7 Å². The van der Waals surface area contributed by atoms with Crippen molar-refractivity contribution < 1.29 is 9.53 Å². The van der Waals surface area contributed by atoms with Crippen molar-refractivity contribution in [3.8, 4) is 5.75 Å². The number of nitrogens with one attached hydrogen (secondary N) is 2. The van der Waals surface area contributed by atoms with Gasteiger partial charge in [0.15, 0.2) is 12.6 Å². The van der Waals surface area contributed by atoms with E-state index in [1.54, 1.807) is 6.07 Å². The number of aliphatic imine (C=N–C) groups is 1. The summed E-state index contributed by atoms with van der Waals surface area (Å²) in [6.45, 7) is 3.98. The van der Waals surface area contributed by atoms with Crippen LogP contribution in [0.3, 0.4) is 0 Å². The molecule has 154 valence electrons. The molecule has 1 aliphatic carbocycles. The molecule has 4 N–H and O–H groups in total. The fourth-order valence-corrected chi connectivity index (χ4v) is 3.38. The average Bonchev–Trinajstić information content (AvgIpc) is 3.50. The topological polar surface area (TPSA) is 88.7 Å². The summed E-state index contributed by atoms with van der Waals surface area (Å²) in [7, 11) is 0. The minimum Gasteiger partial charge on any atom is -0.484 e. The third-order valence-electron chi connectivity index (χ3n) is 4.93. The minimum absolute atomic E-state index is 0.129. The smallest absolute Gasteiger partial charge is 0.255 e. The molecule has 1 amide bonds. The summed E-state index contributed by atoms with van der Waals surface area (Å²) in [5.74, 6) is 0.873. The summed E-state index contributed by atoms with van der Waals surface area (Å²) in [6, 6.07) is 15.6. The van der Waals surface area contributed by atoms with Crippen LogP contribution in [-0.2, 0) is 16.8 Å². The Morgan fingerprint density at radius 3 is 2.69 bits per heavy atom. The Morgan fingerprint density at radius 1 is 1.21 bits per heavy atom. The third-order valence-corrected chi connectivity index (χ3v) is 5.16. The van der Waals surface area contributed by atoms with E-state index in [2.05, 4.69) is 27.8 Å².